The van der Waals surface area contributed by atoms with E-state index in [2.05, 4.69) is 220 Å². The summed E-state index contributed by atoms with van der Waals surface area (Å²) in [5.74, 6) is 0. The lowest BCUT2D eigenvalue weighted by molar-refractivity contribution is 1.29. The molecule has 1 heteroatoms. The van der Waals surface area contributed by atoms with Gasteiger partial charge >= 0.3 is 0 Å². The molecule has 0 saturated heterocycles. The molecule has 8 aromatic rings. The number of aliphatic imine (C=N–C) groups is 1. The summed E-state index contributed by atoms with van der Waals surface area (Å²) in [6.07, 6.45) is 0.732. The molecule has 0 heterocycles. The quantitative estimate of drug-likeness (QED) is 0.127. The highest BCUT2D eigenvalue weighted by Crippen LogP contribution is 2.35. The third kappa shape index (κ3) is 7.97. The smallest absolute Gasteiger partial charge is 0.0629 e. The van der Waals surface area contributed by atoms with E-state index >= 15 is 0 Å². The molecule has 0 saturated carbocycles. The Morgan fingerprint density at radius 3 is 1.09 bits per heavy atom. The summed E-state index contributed by atoms with van der Waals surface area (Å²) in [7, 11) is 0. The zero-order valence-corrected chi connectivity index (χ0v) is 30.5. The van der Waals surface area contributed by atoms with E-state index in [9.17, 15) is 0 Å². The van der Waals surface area contributed by atoms with E-state index in [1.807, 2.05) is 0 Å². The highest BCUT2D eigenvalue weighted by atomic mass is 14.7. The Morgan fingerprint density at radius 1 is 0.352 bits per heavy atom. The van der Waals surface area contributed by atoms with E-state index in [1.54, 1.807) is 0 Å². The fraction of sp³-hybridized carbons (Fsp3) is 0.0377. The Bertz CT molecular complexity index is 2450. The summed E-state index contributed by atoms with van der Waals surface area (Å²) >= 11 is 0. The molecule has 0 amide bonds. The molecule has 0 unspecified atom stereocenters. The van der Waals surface area contributed by atoms with E-state index in [0.29, 0.717) is 0 Å². The number of rotatable bonds is 10. The SMILES string of the molecule is C=C(/N=C(/C)Cc1cccc(-c2cc(-c3ccccc3)cc(-c3ccccc3)c2)c1)c1cccc(-c2cc(-c3ccccc3)cc(-c3ccccc3)c2)c1. The molecule has 1 nitrogen and oxygen atoms in total. The van der Waals surface area contributed by atoms with Gasteiger partial charge in [-0.15, -0.1) is 0 Å². The Kier molecular flexibility index (Phi) is 10.0. The van der Waals surface area contributed by atoms with Gasteiger partial charge in [0.25, 0.3) is 0 Å². The number of nitrogens with zero attached hydrogens (tertiary/aromatic N) is 1. The maximum absolute atomic E-state index is 5.04. The zero-order chi connectivity index (χ0) is 36.7. The van der Waals surface area contributed by atoms with Gasteiger partial charge in [-0.05, 0) is 122 Å². The highest BCUT2D eigenvalue weighted by Gasteiger charge is 2.11. The fourth-order valence-electron chi connectivity index (χ4n) is 7.15. The summed E-state index contributed by atoms with van der Waals surface area (Å²) < 4.78 is 0. The van der Waals surface area contributed by atoms with Gasteiger partial charge in [0, 0.05) is 17.7 Å². The van der Waals surface area contributed by atoms with Crippen LogP contribution in [-0.4, -0.2) is 5.71 Å². The molecule has 0 aliphatic carbocycles. The van der Waals surface area contributed by atoms with Crippen LogP contribution < -0.4 is 0 Å². The average Bonchev–Trinajstić information content (AvgIpc) is 3.24. The van der Waals surface area contributed by atoms with Crippen LogP contribution in [0.2, 0.25) is 0 Å². The van der Waals surface area contributed by atoms with Crippen molar-refractivity contribution in [2.75, 3.05) is 0 Å². The summed E-state index contributed by atoms with van der Waals surface area (Å²) in [5, 5.41) is 0. The van der Waals surface area contributed by atoms with Crippen molar-refractivity contribution in [3.63, 3.8) is 0 Å². The molecule has 0 radical (unpaired) electrons. The molecule has 8 rings (SSSR count). The van der Waals surface area contributed by atoms with Gasteiger partial charge in [0.2, 0.25) is 0 Å². The average molecular weight is 692 g/mol. The molecule has 0 aliphatic rings. The molecule has 0 fully saturated rings. The maximum Gasteiger partial charge on any atom is 0.0629 e. The van der Waals surface area contributed by atoms with Gasteiger partial charge in [0.1, 0.15) is 0 Å². The van der Waals surface area contributed by atoms with Crippen LogP contribution in [-0.2, 0) is 6.42 Å². The minimum absolute atomic E-state index is 0.732. The van der Waals surface area contributed by atoms with Crippen molar-refractivity contribution in [1.29, 1.82) is 0 Å². The molecule has 258 valence electrons. The minimum atomic E-state index is 0.732. The lowest BCUT2D eigenvalue weighted by atomic mass is 9.92. The summed E-state index contributed by atoms with van der Waals surface area (Å²) in [6, 6.07) is 73.6. The molecule has 0 aliphatic heterocycles. The first-order valence-electron chi connectivity index (χ1n) is 18.5. The van der Waals surface area contributed by atoms with Crippen molar-refractivity contribution >= 4 is 11.4 Å². The molecular weight excluding hydrogens is 651 g/mol. The minimum Gasteiger partial charge on any atom is -0.258 e. The van der Waals surface area contributed by atoms with Crippen LogP contribution >= 0.6 is 0 Å². The molecule has 0 aromatic heterocycles. The standard InChI is InChI=1S/C53H41N/c1-38(29-40-17-15-27-46(30-40)52-34-48(41-18-7-3-8-19-41)32-49(35-52)42-20-9-4-10-21-42)54-39(2)45-26-16-28-47(31-45)53-36-50(43-22-11-5-12-23-43)33-51(37-53)44-24-13-6-14-25-44/h3-28,30-37H,2,29H2,1H3/b54-38-. The lowest BCUT2D eigenvalue weighted by Gasteiger charge is -2.13. The molecule has 0 atom stereocenters. The largest absolute Gasteiger partial charge is 0.258 e. The van der Waals surface area contributed by atoms with Crippen molar-refractivity contribution in [3.05, 3.63) is 224 Å². The fourth-order valence-corrected chi connectivity index (χ4v) is 7.15. The second-order valence-corrected chi connectivity index (χ2v) is 13.8. The summed E-state index contributed by atoms with van der Waals surface area (Å²) in [5.41, 5.74) is 18.3. The third-order valence-electron chi connectivity index (χ3n) is 9.87. The Labute approximate surface area is 319 Å². The van der Waals surface area contributed by atoms with Crippen molar-refractivity contribution < 1.29 is 0 Å². The van der Waals surface area contributed by atoms with Crippen molar-refractivity contribution in [1.82, 2.24) is 0 Å². The zero-order valence-electron chi connectivity index (χ0n) is 30.5. The van der Waals surface area contributed by atoms with Crippen molar-refractivity contribution in [2.24, 2.45) is 4.99 Å². The van der Waals surface area contributed by atoms with Gasteiger partial charge in [-0.1, -0.05) is 170 Å². The van der Waals surface area contributed by atoms with Gasteiger partial charge in [-0.25, -0.2) is 0 Å². The molecule has 0 bridgehead atoms. The van der Waals surface area contributed by atoms with Crippen LogP contribution in [0.25, 0.3) is 72.5 Å². The molecule has 0 spiro atoms. The monoisotopic (exact) mass is 691 g/mol. The van der Waals surface area contributed by atoms with Crippen LogP contribution in [0.1, 0.15) is 18.1 Å². The van der Waals surface area contributed by atoms with E-state index in [0.717, 1.165) is 34.5 Å². The molecular formula is C53H41N. The van der Waals surface area contributed by atoms with Gasteiger partial charge in [0.15, 0.2) is 0 Å². The van der Waals surface area contributed by atoms with Crippen LogP contribution in [0.3, 0.4) is 0 Å². The van der Waals surface area contributed by atoms with Crippen LogP contribution in [0.4, 0.5) is 0 Å². The summed E-state index contributed by atoms with van der Waals surface area (Å²) in [6.45, 7) is 6.52. The molecule has 0 N–H and O–H groups in total. The predicted octanol–water partition coefficient (Wildman–Crippen LogP) is 14.4. The maximum atomic E-state index is 5.04. The third-order valence-corrected chi connectivity index (χ3v) is 9.87. The van der Waals surface area contributed by atoms with Gasteiger partial charge in [0.05, 0.1) is 5.70 Å². The van der Waals surface area contributed by atoms with Crippen molar-refractivity contribution in [3.8, 4) is 66.8 Å². The Morgan fingerprint density at radius 2 is 0.685 bits per heavy atom. The van der Waals surface area contributed by atoms with Crippen molar-refractivity contribution in [2.45, 2.75) is 13.3 Å². The first-order chi connectivity index (χ1) is 26.6. The second-order valence-electron chi connectivity index (χ2n) is 13.8. The Balaban J connectivity index is 1.06. The van der Waals surface area contributed by atoms with Crippen LogP contribution in [0.15, 0.2) is 218 Å². The topological polar surface area (TPSA) is 12.4 Å². The first-order valence-corrected chi connectivity index (χ1v) is 18.5. The van der Waals surface area contributed by atoms with Crippen LogP contribution in [0, 0.1) is 0 Å². The van der Waals surface area contributed by atoms with E-state index < -0.39 is 0 Å². The van der Waals surface area contributed by atoms with E-state index in [4.69, 9.17) is 4.99 Å². The van der Waals surface area contributed by atoms with E-state index in [1.165, 1.54) is 61.2 Å². The number of benzene rings is 8. The van der Waals surface area contributed by atoms with Gasteiger partial charge in [-0.2, -0.15) is 0 Å². The number of hydrogen-bond donors (Lipinski definition) is 0. The number of hydrogen-bond acceptors (Lipinski definition) is 1. The summed E-state index contributed by atoms with van der Waals surface area (Å²) in [4.78, 5) is 5.04. The highest BCUT2D eigenvalue weighted by molar-refractivity contribution is 5.90. The lowest BCUT2D eigenvalue weighted by Crippen LogP contribution is -1.99. The van der Waals surface area contributed by atoms with E-state index in [-0.39, 0.29) is 0 Å². The van der Waals surface area contributed by atoms with Gasteiger partial charge in [-0.3, -0.25) is 4.99 Å². The first kappa shape index (κ1) is 34.3. The second kappa shape index (κ2) is 15.8. The van der Waals surface area contributed by atoms with Crippen LogP contribution in [0.5, 0.6) is 0 Å². The molecule has 54 heavy (non-hydrogen) atoms. The van der Waals surface area contributed by atoms with Gasteiger partial charge < -0.3 is 0 Å². The molecule has 8 aromatic carbocycles. The Hall–Kier alpha value is -6.83. The normalized spacial score (nSPS) is 11.3. The predicted molar refractivity (Wildman–Crippen MR) is 231 cm³/mol.